The third-order valence-electron chi connectivity index (χ3n) is 5.66. The molecule has 1 aliphatic heterocycles. The van der Waals surface area contributed by atoms with E-state index >= 15 is 0 Å². The summed E-state index contributed by atoms with van der Waals surface area (Å²) in [4.78, 5) is 20.9. The summed E-state index contributed by atoms with van der Waals surface area (Å²) >= 11 is 0. The molecule has 1 aromatic heterocycles. The lowest BCUT2D eigenvalue weighted by molar-refractivity contribution is 0.0657. The Labute approximate surface area is 194 Å². The van der Waals surface area contributed by atoms with Crippen LogP contribution in [0.2, 0.25) is 0 Å². The molecule has 0 radical (unpaired) electrons. The molecule has 0 bridgehead atoms. The molecular formula is C26H30N4O3. The molecular weight excluding hydrogens is 416 g/mol. The van der Waals surface area contributed by atoms with E-state index in [4.69, 9.17) is 9.15 Å². The maximum Gasteiger partial charge on any atom is 0.289 e. The summed E-state index contributed by atoms with van der Waals surface area (Å²) in [7, 11) is 1.79. The highest BCUT2D eigenvalue weighted by molar-refractivity contribution is 5.91. The zero-order chi connectivity index (χ0) is 22.9. The SMILES string of the molecule is CN=C(NCc1ccc(COCc2ccccc2)cc1)N1CCN(C(=O)c2ccco2)CC1. The van der Waals surface area contributed by atoms with Crippen molar-refractivity contribution in [1.82, 2.24) is 15.1 Å². The molecule has 1 N–H and O–H groups in total. The van der Waals surface area contributed by atoms with Crippen molar-refractivity contribution >= 4 is 11.9 Å². The third kappa shape index (κ3) is 6.23. The number of rotatable bonds is 7. The molecule has 4 rings (SSSR count). The van der Waals surface area contributed by atoms with Crippen molar-refractivity contribution < 1.29 is 13.9 Å². The van der Waals surface area contributed by atoms with E-state index in [1.807, 2.05) is 23.1 Å². The number of hydrogen-bond acceptors (Lipinski definition) is 4. The second kappa shape index (κ2) is 11.3. The number of nitrogens with zero attached hydrogens (tertiary/aromatic N) is 3. The quantitative estimate of drug-likeness (QED) is 0.444. The second-order valence-corrected chi connectivity index (χ2v) is 7.95. The first-order chi connectivity index (χ1) is 16.2. The van der Waals surface area contributed by atoms with E-state index in [-0.39, 0.29) is 5.91 Å². The average Bonchev–Trinajstić information content (AvgIpc) is 3.41. The molecule has 7 nitrogen and oxygen atoms in total. The third-order valence-corrected chi connectivity index (χ3v) is 5.66. The van der Waals surface area contributed by atoms with Gasteiger partial charge in [-0.05, 0) is 28.8 Å². The van der Waals surface area contributed by atoms with Crippen LogP contribution in [0.5, 0.6) is 0 Å². The van der Waals surface area contributed by atoms with Crippen molar-refractivity contribution in [3.05, 3.63) is 95.4 Å². The zero-order valence-corrected chi connectivity index (χ0v) is 18.9. The molecule has 2 aromatic carbocycles. The summed E-state index contributed by atoms with van der Waals surface area (Å²) in [6.07, 6.45) is 1.53. The maximum atomic E-state index is 12.4. The number of carbonyl (C=O) groups excluding carboxylic acids is 1. The second-order valence-electron chi connectivity index (χ2n) is 7.95. The van der Waals surface area contributed by atoms with E-state index in [1.165, 1.54) is 17.4 Å². The predicted octanol–water partition coefficient (Wildman–Crippen LogP) is 3.53. The van der Waals surface area contributed by atoms with Gasteiger partial charge in [0.15, 0.2) is 11.7 Å². The van der Waals surface area contributed by atoms with E-state index in [2.05, 4.69) is 51.6 Å². The van der Waals surface area contributed by atoms with Crippen molar-refractivity contribution in [3.63, 3.8) is 0 Å². The number of carbonyl (C=O) groups is 1. The van der Waals surface area contributed by atoms with Gasteiger partial charge in [-0.2, -0.15) is 0 Å². The highest BCUT2D eigenvalue weighted by Gasteiger charge is 2.25. The van der Waals surface area contributed by atoms with Gasteiger partial charge in [-0.15, -0.1) is 0 Å². The van der Waals surface area contributed by atoms with Crippen LogP contribution in [0.4, 0.5) is 0 Å². The first kappa shape index (κ1) is 22.6. The Bertz CT molecular complexity index is 1030. The van der Waals surface area contributed by atoms with Gasteiger partial charge in [-0.25, -0.2) is 0 Å². The Kier molecular flexibility index (Phi) is 7.76. The molecule has 33 heavy (non-hydrogen) atoms. The molecule has 0 spiro atoms. The van der Waals surface area contributed by atoms with Crippen molar-refractivity contribution in [2.24, 2.45) is 4.99 Å². The fourth-order valence-electron chi connectivity index (χ4n) is 3.81. The topological polar surface area (TPSA) is 70.3 Å². The highest BCUT2D eigenvalue weighted by atomic mass is 16.5. The standard InChI is InChI=1S/C26H30N4O3/c1-27-26(30-15-13-29(14-16-30)25(31)24-8-5-17-33-24)28-18-21-9-11-23(12-10-21)20-32-19-22-6-3-2-4-7-22/h2-12,17H,13-16,18-20H2,1H3,(H,27,28). The molecule has 1 saturated heterocycles. The Morgan fingerprint density at radius 3 is 2.15 bits per heavy atom. The van der Waals surface area contributed by atoms with E-state index in [0.29, 0.717) is 38.6 Å². The van der Waals surface area contributed by atoms with Gasteiger partial charge in [0.05, 0.1) is 19.5 Å². The number of furan rings is 1. The van der Waals surface area contributed by atoms with Crippen LogP contribution in [0, 0.1) is 0 Å². The lowest BCUT2D eigenvalue weighted by Crippen LogP contribution is -2.53. The van der Waals surface area contributed by atoms with Crippen LogP contribution in [0.1, 0.15) is 27.2 Å². The van der Waals surface area contributed by atoms with Gasteiger partial charge in [0, 0.05) is 39.8 Å². The fourth-order valence-corrected chi connectivity index (χ4v) is 3.81. The summed E-state index contributed by atoms with van der Waals surface area (Å²) < 4.78 is 11.0. The van der Waals surface area contributed by atoms with E-state index in [1.54, 1.807) is 19.2 Å². The number of nitrogens with one attached hydrogen (secondary N) is 1. The average molecular weight is 447 g/mol. The fraction of sp³-hybridized carbons (Fsp3) is 0.308. The Morgan fingerprint density at radius 2 is 1.52 bits per heavy atom. The van der Waals surface area contributed by atoms with Crippen molar-refractivity contribution in [2.45, 2.75) is 19.8 Å². The van der Waals surface area contributed by atoms with Gasteiger partial charge >= 0.3 is 0 Å². The summed E-state index contributed by atoms with van der Waals surface area (Å²) in [5.41, 5.74) is 3.50. The summed E-state index contributed by atoms with van der Waals surface area (Å²) in [6.45, 7) is 4.61. The number of hydrogen-bond donors (Lipinski definition) is 1. The first-order valence-electron chi connectivity index (χ1n) is 11.2. The summed E-state index contributed by atoms with van der Waals surface area (Å²) in [5.74, 6) is 1.17. The Hall–Kier alpha value is -3.58. The minimum Gasteiger partial charge on any atom is -0.459 e. The van der Waals surface area contributed by atoms with Crippen molar-refractivity contribution in [2.75, 3.05) is 33.2 Å². The van der Waals surface area contributed by atoms with Crippen LogP contribution in [0.25, 0.3) is 0 Å². The lowest BCUT2D eigenvalue weighted by Gasteiger charge is -2.36. The summed E-state index contributed by atoms with van der Waals surface area (Å²) in [6, 6.07) is 22.1. The molecule has 1 aliphatic rings. The van der Waals surface area contributed by atoms with Crippen LogP contribution in [0.3, 0.4) is 0 Å². The van der Waals surface area contributed by atoms with Gasteiger partial charge in [0.1, 0.15) is 0 Å². The summed E-state index contributed by atoms with van der Waals surface area (Å²) in [5, 5.41) is 3.43. The van der Waals surface area contributed by atoms with Gasteiger partial charge in [-0.3, -0.25) is 9.79 Å². The van der Waals surface area contributed by atoms with Crippen LogP contribution in [0.15, 0.2) is 82.4 Å². The van der Waals surface area contributed by atoms with Crippen molar-refractivity contribution in [3.8, 4) is 0 Å². The van der Waals surface area contributed by atoms with Crippen LogP contribution in [-0.4, -0.2) is 54.9 Å². The smallest absolute Gasteiger partial charge is 0.289 e. The van der Waals surface area contributed by atoms with Gasteiger partial charge < -0.3 is 24.3 Å². The molecule has 7 heteroatoms. The molecule has 2 heterocycles. The molecule has 0 saturated carbocycles. The number of aliphatic imine (C=N–C) groups is 1. The number of ether oxygens (including phenoxy) is 1. The molecule has 172 valence electrons. The minimum absolute atomic E-state index is 0.0598. The molecule has 0 aliphatic carbocycles. The van der Waals surface area contributed by atoms with E-state index in [9.17, 15) is 4.79 Å². The van der Waals surface area contributed by atoms with E-state index in [0.717, 1.165) is 24.6 Å². The maximum absolute atomic E-state index is 12.4. The first-order valence-corrected chi connectivity index (χ1v) is 11.2. The largest absolute Gasteiger partial charge is 0.459 e. The molecule has 1 amide bonds. The Morgan fingerprint density at radius 1 is 0.879 bits per heavy atom. The van der Waals surface area contributed by atoms with Crippen LogP contribution in [-0.2, 0) is 24.5 Å². The predicted molar refractivity (Wildman–Crippen MR) is 128 cm³/mol. The molecule has 0 atom stereocenters. The molecule has 3 aromatic rings. The lowest BCUT2D eigenvalue weighted by atomic mass is 10.1. The number of amides is 1. The van der Waals surface area contributed by atoms with Crippen molar-refractivity contribution in [1.29, 1.82) is 0 Å². The monoisotopic (exact) mass is 446 g/mol. The minimum atomic E-state index is -0.0598. The highest BCUT2D eigenvalue weighted by Crippen LogP contribution is 2.11. The number of benzene rings is 2. The van der Waals surface area contributed by atoms with E-state index < -0.39 is 0 Å². The van der Waals surface area contributed by atoms with Gasteiger partial charge in [-0.1, -0.05) is 54.6 Å². The molecule has 0 unspecified atom stereocenters. The van der Waals surface area contributed by atoms with Gasteiger partial charge in [0.2, 0.25) is 0 Å². The zero-order valence-electron chi connectivity index (χ0n) is 18.9. The number of guanidine groups is 1. The normalized spacial score (nSPS) is 14.4. The Balaban J connectivity index is 1.20. The molecule has 1 fully saturated rings. The van der Waals surface area contributed by atoms with Crippen LogP contribution >= 0.6 is 0 Å². The van der Waals surface area contributed by atoms with Gasteiger partial charge in [0.25, 0.3) is 5.91 Å². The van der Waals surface area contributed by atoms with Crippen LogP contribution < -0.4 is 5.32 Å². The number of piperazine rings is 1.